The molecule has 21 heavy (non-hydrogen) atoms. The van der Waals surface area contributed by atoms with Gasteiger partial charge in [0, 0.05) is 17.0 Å². The average Bonchev–Trinajstić information content (AvgIpc) is 2.96. The third-order valence-corrected chi connectivity index (χ3v) is 4.00. The van der Waals surface area contributed by atoms with Crippen LogP contribution in [0, 0.1) is 0 Å². The number of thiophene rings is 1. The number of hydrogen-bond donors (Lipinski definition) is 5. The van der Waals surface area contributed by atoms with Gasteiger partial charge in [0.05, 0.1) is 12.5 Å². The van der Waals surface area contributed by atoms with E-state index in [9.17, 15) is 20.1 Å². The van der Waals surface area contributed by atoms with Gasteiger partial charge in [0.25, 0.3) is 0 Å². The van der Waals surface area contributed by atoms with Gasteiger partial charge in [-0.05, 0) is 17.5 Å². The van der Waals surface area contributed by atoms with Crippen molar-refractivity contribution in [2.45, 2.75) is 19.0 Å². The predicted molar refractivity (Wildman–Crippen MR) is 77.6 cm³/mol. The number of rotatable bonds is 6. The van der Waals surface area contributed by atoms with Crippen LogP contribution in [0.5, 0.6) is 17.2 Å². The number of carbonyl (C=O) groups is 1. The van der Waals surface area contributed by atoms with Gasteiger partial charge in [0.1, 0.15) is 0 Å². The summed E-state index contributed by atoms with van der Waals surface area (Å²) in [5.74, 6) is -2.33. The highest BCUT2D eigenvalue weighted by atomic mass is 32.1. The first-order valence-corrected chi connectivity index (χ1v) is 7.08. The van der Waals surface area contributed by atoms with Crippen LogP contribution in [0.15, 0.2) is 29.6 Å². The Hall–Kier alpha value is -2.25. The zero-order valence-corrected chi connectivity index (χ0v) is 11.8. The molecule has 2 aromatic rings. The number of phenolic OH excluding ortho intramolecular Hbond substituents is 3. The van der Waals surface area contributed by atoms with Gasteiger partial charge in [-0.2, -0.15) is 0 Å². The molecular formula is C14H15NO5S. The fourth-order valence-electron chi connectivity index (χ4n) is 1.92. The molecule has 1 heterocycles. The molecule has 1 aromatic carbocycles. The standard InChI is InChI=1S/C14H15NO5S/c16-10-4-3-8(13(19)14(10)20)7-15-9(6-12(17)18)11-2-1-5-21-11/h1-5,9,15-16,19-20H,6-7H2,(H,17,18). The molecule has 0 bridgehead atoms. The Bertz CT molecular complexity index is 627. The minimum absolute atomic E-state index is 0.0919. The lowest BCUT2D eigenvalue weighted by Crippen LogP contribution is -2.22. The second-order valence-corrected chi connectivity index (χ2v) is 5.47. The molecule has 5 N–H and O–H groups in total. The van der Waals surface area contributed by atoms with Crippen molar-refractivity contribution < 1.29 is 25.2 Å². The quantitative estimate of drug-likeness (QED) is 0.523. The molecule has 1 aromatic heterocycles. The molecule has 0 amide bonds. The van der Waals surface area contributed by atoms with E-state index in [1.165, 1.54) is 23.5 Å². The van der Waals surface area contributed by atoms with Crippen molar-refractivity contribution in [1.82, 2.24) is 5.32 Å². The van der Waals surface area contributed by atoms with Crippen molar-refractivity contribution in [3.05, 3.63) is 40.1 Å². The van der Waals surface area contributed by atoms with Crippen molar-refractivity contribution >= 4 is 17.3 Å². The van der Waals surface area contributed by atoms with E-state index in [-0.39, 0.29) is 13.0 Å². The summed E-state index contributed by atoms with van der Waals surface area (Å²) in [7, 11) is 0. The van der Waals surface area contributed by atoms with E-state index in [2.05, 4.69) is 5.32 Å². The number of carboxylic acid groups (broad SMARTS) is 1. The van der Waals surface area contributed by atoms with E-state index in [0.29, 0.717) is 5.56 Å². The Morgan fingerprint density at radius 2 is 1.95 bits per heavy atom. The average molecular weight is 309 g/mol. The Balaban J connectivity index is 2.12. The molecule has 0 aliphatic rings. The summed E-state index contributed by atoms with van der Waals surface area (Å²) in [5.41, 5.74) is 0.372. The lowest BCUT2D eigenvalue weighted by molar-refractivity contribution is -0.137. The molecule has 7 heteroatoms. The van der Waals surface area contributed by atoms with Crippen molar-refractivity contribution in [3.63, 3.8) is 0 Å². The van der Waals surface area contributed by atoms with Gasteiger partial charge in [0.15, 0.2) is 11.5 Å². The number of nitrogens with one attached hydrogen (secondary N) is 1. The zero-order valence-electron chi connectivity index (χ0n) is 11.0. The first-order chi connectivity index (χ1) is 9.99. The minimum Gasteiger partial charge on any atom is -0.504 e. The van der Waals surface area contributed by atoms with Gasteiger partial charge >= 0.3 is 5.97 Å². The number of aromatic hydroxyl groups is 3. The molecule has 0 aliphatic heterocycles. The van der Waals surface area contributed by atoms with Gasteiger partial charge in [-0.3, -0.25) is 4.79 Å². The van der Waals surface area contributed by atoms with E-state index in [0.717, 1.165) is 4.88 Å². The number of aliphatic carboxylic acids is 1. The Kier molecular flexibility index (Phi) is 4.66. The lowest BCUT2D eigenvalue weighted by atomic mass is 10.1. The molecule has 0 spiro atoms. The smallest absolute Gasteiger partial charge is 0.305 e. The zero-order chi connectivity index (χ0) is 15.4. The second-order valence-electron chi connectivity index (χ2n) is 4.49. The summed E-state index contributed by atoms with van der Waals surface area (Å²) in [5, 5.41) is 42.3. The van der Waals surface area contributed by atoms with Crippen molar-refractivity contribution in [1.29, 1.82) is 0 Å². The van der Waals surface area contributed by atoms with E-state index in [4.69, 9.17) is 5.11 Å². The first-order valence-electron chi connectivity index (χ1n) is 6.20. The van der Waals surface area contributed by atoms with Crippen LogP contribution in [0.3, 0.4) is 0 Å². The molecule has 6 nitrogen and oxygen atoms in total. The Morgan fingerprint density at radius 1 is 1.19 bits per heavy atom. The fraction of sp³-hybridized carbons (Fsp3) is 0.214. The number of hydrogen-bond acceptors (Lipinski definition) is 6. The summed E-state index contributed by atoms with van der Waals surface area (Å²) < 4.78 is 0. The van der Waals surface area contributed by atoms with Gasteiger partial charge in [-0.25, -0.2) is 0 Å². The van der Waals surface area contributed by atoms with Crippen LogP contribution < -0.4 is 5.32 Å². The molecule has 0 aliphatic carbocycles. The summed E-state index contributed by atoms with van der Waals surface area (Å²) in [6, 6.07) is 6.00. The van der Waals surface area contributed by atoms with Crippen molar-refractivity contribution in [2.75, 3.05) is 0 Å². The van der Waals surface area contributed by atoms with Crippen LogP contribution >= 0.6 is 11.3 Å². The first kappa shape index (κ1) is 15.1. The third-order valence-electron chi connectivity index (χ3n) is 3.02. The largest absolute Gasteiger partial charge is 0.504 e. The topological polar surface area (TPSA) is 110 Å². The monoisotopic (exact) mass is 309 g/mol. The molecule has 2 rings (SSSR count). The van der Waals surface area contributed by atoms with Gasteiger partial charge in [-0.1, -0.05) is 12.1 Å². The maximum absolute atomic E-state index is 10.9. The molecule has 1 atom stereocenters. The number of benzene rings is 1. The maximum atomic E-state index is 10.9. The van der Waals surface area contributed by atoms with E-state index in [1.54, 1.807) is 0 Å². The highest BCUT2D eigenvalue weighted by molar-refractivity contribution is 7.10. The van der Waals surface area contributed by atoms with Crippen LogP contribution in [0.25, 0.3) is 0 Å². The minimum atomic E-state index is -0.932. The second kappa shape index (κ2) is 6.47. The van der Waals surface area contributed by atoms with Crippen LogP contribution in [0.4, 0.5) is 0 Å². The molecule has 112 valence electrons. The Morgan fingerprint density at radius 3 is 2.57 bits per heavy atom. The van der Waals surface area contributed by atoms with Crippen LogP contribution in [-0.2, 0) is 11.3 Å². The van der Waals surface area contributed by atoms with E-state index < -0.39 is 29.3 Å². The molecule has 0 saturated carbocycles. The molecule has 0 radical (unpaired) electrons. The van der Waals surface area contributed by atoms with Crippen molar-refractivity contribution in [2.24, 2.45) is 0 Å². The van der Waals surface area contributed by atoms with Crippen molar-refractivity contribution in [3.8, 4) is 17.2 Å². The maximum Gasteiger partial charge on any atom is 0.305 e. The van der Waals surface area contributed by atoms with E-state index >= 15 is 0 Å². The SMILES string of the molecule is O=C(O)CC(NCc1ccc(O)c(O)c1O)c1cccs1. The normalized spacial score (nSPS) is 12.2. The molecular weight excluding hydrogens is 294 g/mol. The molecule has 1 unspecified atom stereocenters. The fourth-order valence-corrected chi connectivity index (χ4v) is 2.73. The Labute approximate surface area is 124 Å². The summed E-state index contributed by atoms with van der Waals surface area (Å²) in [6.07, 6.45) is -0.0919. The summed E-state index contributed by atoms with van der Waals surface area (Å²) in [6.45, 7) is 0.162. The highest BCUT2D eigenvalue weighted by Gasteiger charge is 2.18. The highest BCUT2D eigenvalue weighted by Crippen LogP contribution is 2.37. The summed E-state index contributed by atoms with van der Waals surface area (Å²) in [4.78, 5) is 11.8. The van der Waals surface area contributed by atoms with E-state index in [1.807, 2.05) is 17.5 Å². The van der Waals surface area contributed by atoms with Gasteiger partial charge < -0.3 is 25.7 Å². The summed E-state index contributed by atoms with van der Waals surface area (Å²) >= 11 is 1.44. The number of carboxylic acids is 1. The van der Waals surface area contributed by atoms with Crippen LogP contribution in [-0.4, -0.2) is 26.4 Å². The third kappa shape index (κ3) is 3.65. The predicted octanol–water partition coefficient (Wildman–Crippen LogP) is 2.17. The molecule has 0 saturated heterocycles. The van der Waals surface area contributed by atoms with Gasteiger partial charge in [-0.15, -0.1) is 11.3 Å². The van der Waals surface area contributed by atoms with Crippen LogP contribution in [0.1, 0.15) is 22.9 Å². The lowest BCUT2D eigenvalue weighted by Gasteiger charge is -2.16. The van der Waals surface area contributed by atoms with Gasteiger partial charge in [0.2, 0.25) is 5.75 Å². The number of phenols is 3. The van der Waals surface area contributed by atoms with Crippen LogP contribution in [0.2, 0.25) is 0 Å². The molecule has 0 fully saturated rings.